The van der Waals surface area contributed by atoms with Gasteiger partial charge < -0.3 is 5.11 Å². The minimum atomic E-state index is -1.41. The van der Waals surface area contributed by atoms with Crippen LogP contribution >= 0.6 is 0 Å². The predicted molar refractivity (Wildman–Crippen MR) is 65.4 cm³/mol. The predicted octanol–water partition coefficient (Wildman–Crippen LogP) is 2.75. The highest BCUT2D eigenvalue weighted by Gasteiger charge is 2.33. The van der Waals surface area contributed by atoms with Crippen molar-refractivity contribution in [2.24, 2.45) is 0 Å². The molecule has 0 aliphatic carbocycles. The molecule has 2 nitrogen and oxygen atoms in total. The van der Waals surface area contributed by atoms with Crippen LogP contribution in [0.1, 0.15) is 23.2 Å². The van der Waals surface area contributed by atoms with E-state index in [1.807, 2.05) is 6.07 Å². The molecule has 1 aromatic rings. The molecular formula is C14H16O2. The fourth-order valence-electron chi connectivity index (χ4n) is 1.60. The van der Waals surface area contributed by atoms with Gasteiger partial charge in [-0.15, -0.1) is 13.2 Å². The molecule has 0 saturated heterocycles. The molecule has 1 N–H and O–H groups in total. The Balaban J connectivity index is 3.00. The molecule has 1 aromatic carbocycles. The van der Waals surface area contributed by atoms with E-state index in [9.17, 15) is 9.90 Å². The number of hydrogen-bond donors (Lipinski definition) is 1. The van der Waals surface area contributed by atoms with E-state index in [1.54, 1.807) is 36.4 Å². The zero-order valence-corrected chi connectivity index (χ0v) is 9.23. The van der Waals surface area contributed by atoms with E-state index in [2.05, 4.69) is 13.2 Å². The SMILES string of the molecule is C=CCC(O)(CC=C)C(=O)c1ccccc1. The van der Waals surface area contributed by atoms with Gasteiger partial charge in [0.05, 0.1) is 0 Å². The fraction of sp³-hybridized carbons (Fsp3) is 0.214. The quantitative estimate of drug-likeness (QED) is 0.586. The van der Waals surface area contributed by atoms with Gasteiger partial charge in [-0.25, -0.2) is 0 Å². The van der Waals surface area contributed by atoms with Gasteiger partial charge in [0.2, 0.25) is 0 Å². The first kappa shape index (κ1) is 12.4. The zero-order chi connectivity index (χ0) is 12.0. The maximum atomic E-state index is 12.1. The number of hydrogen-bond acceptors (Lipinski definition) is 2. The molecule has 0 radical (unpaired) electrons. The summed E-state index contributed by atoms with van der Waals surface area (Å²) in [6.07, 6.45) is 3.55. The maximum Gasteiger partial charge on any atom is 0.194 e. The minimum Gasteiger partial charge on any atom is -0.381 e. The highest BCUT2D eigenvalue weighted by Crippen LogP contribution is 2.22. The maximum absolute atomic E-state index is 12.1. The normalized spacial score (nSPS) is 10.8. The topological polar surface area (TPSA) is 37.3 Å². The van der Waals surface area contributed by atoms with E-state index in [0.717, 1.165) is 0 Å². The lowest BCUT2D eigenvalue weighted by molar-refractivity contribution is 0.0346. The summed E-state index contributed by atoms with van der Waals surface area (Å²) in [5.41, 5.74) is -0.904. The Labute approximate surface area is 95.9 Å². The van der Waals surface area contributed by atoms with Crippen LogP contribution in [0.3, 0.4) is 0 Å². The van der Waals surface area contributed by atoms with Crippen molar-refractivity contribution in [3.63, 3.8) is 0 Å². The van der Waals surface area contributed by atoms with Gasteiger partial charge in [-0.2, -0.15) is 0 Å². The first-order valence-corrected chi connectivity index (χ1v) is 5.18. The molecule has 0 bridgehead atoms. The summed E-state index contributed by atoms with van der Waals surface area (Å²) in [5.74, 6) is -0.284. The lowest BCUT2D eigenvalue weighted by Gasteiger charge is -2.23. The Morgan fingerprint density at radius 2 is 1.69 bits per heavy atom. The molecule has 0 aromatic heterocycles. The molecule has 0 aliphatic rings. The lowest BCUT2D eigenvalue weighted by Crippen LogP contribution is -2.37. The number of ketones is 1. The Morgan fingerprint density at radius 3 is 2.12 bits per heavy atom. The number of aliphatic hydroxyl groups is 1. The molecule has 0 amide bonds. The zero-order valence-electron chi connectivity index (χ0n) is 9.23. The lowest BCUT2D eigenvalue weighted by atomic mass is 9.87. The van der Waals surface area contributed by atoms with Crippen LogP contribution in [0.2, 0.25) is 0 Å². The summed E-state index contributed by atoms with van der Waals surface area (Å²) in [5, 5.41) is 10.2. The highest BCUT2D eigenvalue weighted by atomic mass is 16.3. The summed E-state index contributed by atoms with van der Waals surface area (Å²) in [6.45, 7) is 7.11. The van der Waals surface area contributed by atoms with Crippen LogP contribution in [0.5, 0.6) is 0 Å². The summed E-state index contributed by atoms with van der Waals surface area (Å²) in [6, 6.07) is 8.76. The molecular weight excluding hydrogens is 200 g/mol. The van der Waals surface area contributed by atoms with Crippen molar-refractivity contribution in [2.75, 3.05) is 0 Å². The second-order valence-electron chi connectivity index (χ2n) is 3.71. The van der Waals surface area contributed by atoms with Crippen molar-refractivity contribution in [2.45, 2.75) is 18.4 Å². The Kier molecular flexibility index (Phi) is 4.20. The van der Waals surface area contributed by atoms with Crippen molar-refractivity contribution in [1.82, 2.24) is 0 Å². The largest absolute Gasteiger partial charge is 0.381 e. The van der Waals surface area contributed by atoms with Gasteiger partial charge in [0, 0.05) is 18.4 Å². The van der Waals surface area contributed by atoms with Crippen molar-refractivity contribution in [3.05, 3.63) is 61.2 Å². The van der Waals surface area contributed by atoms with Gasteiger partial charge in [0.15, 0.2) is 5.78 Å². The van der Waals surface area contributed by atoms with Gasteiger partial charge in [-0.05, 0) is 0 Å². The standard InChI is InChI=1S/C14H16O2/c1-3-10-14(16,11-4-2)13(15)12-8-6-5-7-9-12/h3-9,16H,1-2,10-11H2. The van der Waals surface area contributed by atoms with E-state index in [1.165, 1.54) is 0 Å². The molecule has 84 valence electrons. The Bertz CT molecular complexity index is 369. The average molecular weight is 216 g/mol. The molecule has 2 heteroatoms. The van der Waals surface area contributed by atoms with Crippen molar-refractivity contribution in [3.8, 4) is 0 Å². The summed E-state index contributed by atoms with van der Waals surface area (Å²) in [4.78, 5) is 12.1. The first-order valence-electron chi connectivity index (χ1n) is 5.18. The fourth-order valence-corrected chi connectivity index (χ4v) is 1.60. The smallest absolute Gasteiger partial charge is 0.194 e. The van der Waals surface area contributed by atoms with Gasteiger partial charge in [0.1, 0.15) is 5.60 Å². The molecule has 16 heavy (non-hydrogen) atoms. The summed E-state index contributed by atoms with van der Waals surface area (Å²) < 4.78 is 0. The number of carbonyl (C=O) groups excluding carboxylic acids is 1. The van der Waals surface area contributed by atoms with Crippen LogP contribution in [0.25, 0.3) is 0 Å². The Hall–Kier alpha value is -1.67. The second-order valence-corrected chi connectivity index (χ2v) is 3.71. The van der Waals surface area contributed by atoms with Gasteiger partial charge in [-0.3, -0.25) is 4.79 Å². The average Bonchev–Trinajstić information content (AvgIpc) is 2.30. The van der Waals surface area contributed by atoms with Gasteiger partial charge >= 0.3 is 0 Å². The molecule has 0 aliphatic heterocycles. The van der Waals surface area contributed by atoms with Crippen LogP contribution in [-0.4, -0.2) is 16.5 Å². The van der Waals surface area contributed by atoms with Crippen molar-refractivity contribution >= 4 is 5.78 Å². The molecule has 1 rings (SSSR count). The van der Waals surface area contributed by atoms with E-state index >= 15 is 0 Å². The van der Waals surface area contributed by atoms with Crippen molar-refractivity contribution in [1.29, 1.82) is 0 Å². The second kappa shape index (κ2) is 5.42. The van der Waals surface area contributed by atoms with Crippen molar-refractivity contribution < 1.29 is 9.90 Å². The molecule has 0 spiro atoms. The number of rotatable bonds is 6. The molecule has 0 fully saturated rings. The Morgan fingerprint density at radius 1 is 1.19 bits per heavy atom. The van der Waals surface area contributed by atoms with E-state index in [4.69, 9.17) is 0 Å². The monoisotopic (exact) mass is 216 g/mol. The molecule has 0 atom stereocenters. The van der Waals surface area contributed by atoms with Crippen LogP contribution < -0.4 is 0 Å². The van der Waals surface area contributed by atoms with Crippen LogP contribution in [0.15, 0.2) is 55.6 Å². The number of Topliss-reactive ketones (excluding diaryl/α,β-unsaturated/α-hetero) is 1. The highest BCUT2D eigenvalue weighted by molar-refractivity contribution is 6.02. The third-order valence-corrected chi connectivity index (χ3v) is 2.42. The molecule has 0 unspecified atom stereocenters. The van der Waals surface area contributed by atoms with E-state index in [-0.39, 0.29) is 18.6 Å². The third kappa shape index (κ3) is 2.67. The molecule has 0 saturated carbocycles. The van der Waals surface area contributed by atoms with E-state index < -0.39 is 5.60 Å². The van der Waals surface area contributed by atoms with Crippen LogP contribution in [-0.2, 0) is 0 Å². The number of carbonyl (C=O) groups is 1. The van der Waals surface area contributed by atoms with Gasteiger partial charge in [-0.1, -0.05) is 42.5 Å². The van der Waals surface area contributed by atoms with Crippen LogP contribution in [0.4, 0.5) is 0 Å². The molecule has 0 heterocycles. The number of benzene rings is 1. The van der Waals surface area contributed by atoms with Gasteiger partial charge in [0.25, 0.3) is 0 Å². The van der Waals surface area contributed by atoms with E-state index in [0.29, 0.717) is 5.56 Å². The van der Waals surface area contributed by atoms with Crippen LogP contribution in [0, 0.1) is 0 Å². The minimum absolute atomic E-state index is 0.229. The first-order chi connectivity index (χ1) is 7.64. The summed E-state index contributed by atoms with van der Waals surface area (Å²) >= 11 is 0. The third-order valence-electron chi connectivity index (χ3n) is 2.42. The summed E-state index contributed by atoms with van der Waals surface area (Å²) in [7, 11) is 0.